The number of ether oxygens (including phenoxy) is 1. The van der Waals surface area contributed by atoms with Crippen LogP contribution in [0.2, 0.25) is 0 Å². The zero-order valence-electron chi connectivity index (χ0n) is 11.6. The van der Waals surface area contributed by atoms with Gasteiger partial charge in [-0.15, -0.1) is 0 Å². The Morgan fingerprint density at radius 3 is 2.63 bits per heavy atom. The second kappa shape index (κ2) is 8.15. The van der Waals surface area contributed by atoms with Crippen LogP contribution in [0.25, 0.3) is 0 Å². The first-order chi connectivity index (χ1) is 9.09. The highest BCUT2D eigenvalue weighted by Crippen LogP contribution is 2.19. The molecule has 0 saturated heterocycles. The summed E-state index contributed by atoms with van der Waals surface area (Å²) in [6.45, 7) is 2.62. The summed E-state index contributed by atoms with van der Waals surface area (Å²) >= 11 is 0. The molecule has 0 aromatic heterocycles. The Hall–Kier alpha value is -1.10. The lowest BCUT2D eigenvalue weighted by molar-refractivity contribution is 0.194. The minimum atomic E-state index is -0.491. The van der Waals surface area contributed by atoms with Gasteiger partial charge in [0.05, 0.1) is 13.2 Å². The van der Waals surface area contributed by atoms with Crippen molar-refractivity contribution in [1.82, 2.24) is 0 Å². The first kappa shape index (κ1) is 16.0. The molecule has 1 unspecified atom stereocenters. The van der Waals surface area contributed by atoms with Crippen LogP contribution < -0.4 is 10.5 Å². The number of rotatable bonds is 9. The van der Waals surface area contributed by atoms with E-state index in [1.807, 2.05) is 31.2 Å². The fourth-order valence-electron chi connectivity index (χ4n) is 1.86. The molecule has 19 heavy (non-hydrogen) atoms. The van der Waals surface area contributed by atoms with Crippen LogP contribution >= 0.6 is 0 Å². The maximum absolute atomic E-state index is 9.04. The third-order valence-electron chi connectivity index (χ3n) is 3.11. The van der Waals surface area contributed by atoms with Gasteiger partial charge >= 0.3 is 0 Å². The lowest BCUT2D eigenvalue weighted by Crippen LogP contribution is -2.39. The van der Waals surface area contributed by atoms with Crippen molar-refractivity contribution in [3.05, 3.63) is 29.8 Å². The molecule has 0 fully saturated rings. The molecular weight excluding hydrogens is 242 g/mol. The fraction of sp³-hybridized carbons (Fsp3) is 0.600. The number of aliphatic hydroxyl groups excluding tert-OH is 2. The lowest BCUT2D eigenvalue weighted by atomic mass is 9.97. The Kier molecular flexibility index (Phi) is 6.84. The molecule has 0 aliphatic carbocycles. The summed E-state index contributed by atoms with van der Waals surface area (Å²) in [7, 11) is 0. The predicted octanol–water partition coefficient (Wildman–Crippen LogP) is 1.48. The van der Waals surface area contributed by atoms with Crippen molar-refractivity contribution in [1.29, 1.82) is 0 Å². The Bertz CT molecular complexity index is 366. The van der Waals surface area contributed by atoms with Gasteiger partial charge in [-0.3, -0.25) is 0 Å². The SMILES string of the molecule is CC(N)(CO)CCCCOc1ccccc1CCO. The van der Waals surface area contributed by atoms with Gasteiger partial charge in [-0.05, 0) is 44.2 Å². The van der Waals surface area contributed by atoms with Gasteiger partial charge in [-0.1, -0.05) is 18.2 Å². The van der Waals surface area contributed by atoms with Crippen LogP contribution in [0, 0.1) is 0 Å². The van der Waals surface area contributed by atoms with E-state index in [1.165, 1.54) is 0 Å². The zero-order chi connectivity index (χ0) is 14.1. The molecule has 108 valence electrons. The van der Waals surface area contributed by atoms with E-state index in [1.54, 1.807) is 0 Å². The highest BCUT2D eigenvalue weighted by atomic mass is 16.5. The van der Waals surface area contributed by atoms with E-state index in [-0.39, 0.29) is 13.2 Å². The van der Waals surface area contributed by atoms with E-state index in [0.717, 1.165) is 30.6 Å². The molecular formula is C15H25NO3. The van der Waals surface area contributed by atoms with Crippen molar-refractivity contribution in [2.24, 2.45) is 5.73 Å². The van der Waals surface area contributed by atoms with E-state index in [4.69, 9.17) is 20.7 Å². The number of para-hydroxylation sites is 1. The normalized spacial score (nSPS) is 14.1. The third kappa shape index (κ3) is 6.05. The van der Waals surface area contributed by atoms with E-state index < -0.39 is 5.54 Å². The summed E-state index contributed by atoms with van der Waals surface area (Å²) in [4.78, 5) is 0. The number of nitrogens with two attached hydrogens (primary N) is 1. The summed E-state index contributed by atoms with van der Waals surface area (Å²) in [5.41, 5.74) is 6.39. The van der Waals surface area contributed by atoms with Gasteiger partial charge in [0.1, 0.15) is 5.75 Å². The lowest BCUT2D eigenvalue weighted by Gasteiger charge is -2.21. The Morgan fingerprint density at radius 2 is 1.95 bits per heavy atom. The minimum Gasteiger partial charge on any atom is -0.493 e. The van der Waals surface area contributed by atoms with Crippen LogP contribution in [0.15, 0.2) is 24.3 Å². The van der Waals surface area contributed by atoms with Crippen LogP contribution in [0.1, 0.15) is 31.7 Å². The largest absolute Gasteiger partial charge is 0.493 e. The van der Waals surface area contributed by atoms with E-state index >= 15 is 0 Å². The Balaban J connectivity index is 2.29. The quantitative estimate of drug-likeness (QED) is 0.592. The van der Waals surface area contributed by atoms with Crippen molar-refractivity contribution >= 4 is 0 Å². The molecule has 1 aromatic carbocycles. The van der Waals surface area contributed by atoms with Gasteiger partial charge in [0.2, 0.25) is 0 Å². The van der Waals surface area contributed by atoms with Gasteiger partial charge in [0.15, 0.2) is 0 Å². The first-order valence-corrected chi connectivity index (χ1v) is 6.80. The van der Waals surface area contributed by atoms with Crippen LogP contribution in [-0.2, 0) is 6.42 Å². The maximum Gasteiger partial charge on any atom is 0.122 e. The summed E-state index contributed by atoms with van der Waals surface area (Å²) in [5, 5.41) is 18.0. The van der Waals surface area contributed by atoms with Crippen molar-refractivity contribution in [2.75, 3.05) is 19.8 Å². The standard InChI is InChI=1S/C15H25NO3/c1-15(16,12-18)9-4-5-11-19-14-7-3-2-6-13(14)8-10-17/h2-3,6-7,17-18H,4-5,8-12,16H2,1H3. The van der Waals surface area contributed by atoms with Gasteiger partial charge in [-0.2, -0.15) is 0 Å². The van der Waals surface area contributed by atoms with Gasteiger partial charge in [-0.25, -0.2) is 0 Å². The summed E-state index contributed by atoms with van der Waals surface area (Å²) < 4.78 is 5.72. The molecule has 0 bridgehead atoms. The number of hydrogen-bond acceptors (Lipinski definition) is 4. The Labute approximate surface area is 115 Å². The molecule has 0 aliphatic heterocycles. The molecule has 4 heteroatoms. The average Bonchev–Trinajstić information content (AvgIpc) is 2.40. The second-order valence-corrected chi connectivity index (χ2v) is 5.20. The number of aliphatic hydroxyl groups is 2. The molecule has 1 atom stereocenters. The van der Waals surface area contributed by atoms with Crippen LogP contribution in [-0.4, -0.2) is 35.6 Å². The maximum atomic E-state index is 9.04. The molecule has 0 aliphatic rings. The van der Waals surface area contributed by atoms with Gasteiger partial charge in [0, 0.05) is 12.1 Å². The van der Waals surface area contributed by atoms with Crippen LogP contribution in [0.5, 0.6) is 5.75 Å². The highest BCUT2D eigenvalue weighted by molar-refractivity contribution is 5.33. The molecule has 1 aromatic rings. The average molecular weight is 267 g/mol. The molecule has 1 rings (SSSR count). The fourth-order valence-corrected chi connectivity index (χ4v) is 1.86. The second-order valence-electron chi connectivity index (χ2n) is 5.20. The summed E-state index contributed by atoms with van der Waals surface area (Å²) in [6, 6.07) is 7.76. The molecule has 0 amide bonds. The van der Waals surface area contributed by atoms with Crippen LogP contribution in [0.4, 0.5) is 0 Å². The van der Waals surface area contributed by atoms with Crippen molar-refractivity contribution in [2.45, 2.75) is 38.1 Å². The van der Waals surface area contributed by atoms with Crippen molar-refractivity contribution in [3.63, 3.8) is 0 Å². The summed E-state index contributed by atoms with van der Waals surface area (Å²) in [5.74, 6) is 0.842. The molecule has 0 saturated carbocycles. The topological polar surface area (TPSA) is 75.7 Å². The van der Waals surface area contributed by atoms with E-state index in [9.17, 15) is 0 Å². The zero-order valence-corrected chi connectivity index (χ0v) is 11.6. The smallest absolute Gasteiger partial charge is 0.122 e. The molecule has 0 radical (unpaired) electrons. The van der Waals surface area contributed by atoms with Gasteiger partial charge in [0.25, 0.3) is 0 Å². The molecule has 0 spiro atoms. The van der Waals surface area contributed by atoms with Gasteiger partial charge < -0.3 is 20.7 Å². The number of hydrogen-bond donors (Lipinski definition) is 3. The molecule has 0 heterocycles. The van der Waals surface area contributed by atoms with E-state index in [0.29, 0.717) is 13.0 Å². The molecule has 4 N–H and O–H groups in total. The number of unbranched alkanes of at least 4 members (excludes halogenated alkanes) is 1. The number of benzene rings is 1. The highest BCUT2D eigenvalue weighted by Gasteiger charge is 2.15. The van der Waals surface area contributed by atoms with Crippen LogP contribution in [0.3, 0.4) is 0 Å². The van der Waals surface area contributed by atoms with E-state index in [2.05, 4.69) is 0 Å². The monoisotopic (exact) mass is 267 g/mol. The summed E-state index contributed by atoms with van der Waals surface area (Å²) in [6.07, 6.45) is 3.22. The minimum absolute atomic E-state index is 0.00713. The van der Waals surface area contributed by atoms with Crippen molar-refractivity contribution in [3.8, 4) is 5.75 Å². The molecule has 4 nitrogen and oxygen atoms in total. The predicted molar refractivity (Wildman–Crippen MR) is 76.3 cm³/mol. The Morgan fingerprint density at radius 1 is 1.21 bits per heavy atom. The first-order valence-electron chi connectivity index (χ1n) is 6.80. The van der Waals surface area contributed by atoms with Crippen molar-refractivity contribution < 1.29 is 14.9 Å². The third-order valence-corrected chi connectivity index (χ3v) is 3.11.